The summed E-state index contributed by atoms with van der Waals surface area (Å²) in [5.41, 5.74) is 1.48. The van der Waals surface area contributed by atoms with Gasteiger partial charge in [0.25, 0.3) is 0 Å². The Morgan fingerprint density at radius 2 is 2.26 bits per heavy atom. The van der Waals surface area contributed by atoms with Crippen molar-refractivity contribution in [1.82, 2.24) is 10.3 Å². The zero-order valence-corrected chi connectivity index (χ0v) is 13.5. The highest BCUT2D eigenvalue weighted by Gasteiger charge is 2.47. The highest BCUT2D eigenvalue weighted by Crippen LogP contribution is 2.40. The lowest BCUT2D eigenvalue weighted by Crippen LogP contribution is -2.48. The average molecular weight is 315 g/mol. The van der Waals surface area contributed by atoms with E-state index in [1.165, 1.54) is 0 Å². The van der Waals surface area contributed by atoms with Crippen LogP contribution in [-0.4, -0.2) is 35.5 Å². The van der Waals surface area contributed by atoms with Crippen LogP contribution in [0.2, 0.25) is 0 Å². The number of aliphatic hydroxyl groups is 1. The van der Waals surface area contributed by atoms with Crippen LogP contribution in [0.4, 0.5) is 0 Å². The molecular formula is C18H25N3O2. The first kappa shape index (κ1) is 16.1. The number of aryl methyl sites for hydroxylation is 1. The normalized spacial score (nSPS) is 27.3. The third-order valence-corrected chi connectivity index (χ3v) is 4.85. The number of aromatic nitrogens is 1. The Bertz CT molecular complexity index is 581. The van der Waals surface area contributed by atoms with Gasteiger partial charge in [-0.3, -0.25) is 4.98 Å². The van der Waals surface area contributed by atoms with Gasteiger partial charge in [0.2, 0.25) is 0 Å². The monoisotopic (exact) mass is 315 g/mol. The fourth-order valence-electron chi connectivity index (χ4n) is 3.71. The van der Waals surface area contributed by atoms with E-state index < -0.39 is 5.60 Å². The summed E-state index contributed by atoms with van der Waals surface area (Å²) in [5, 5.41) is 19.4. The first-order chi connectivity index (χ1) is 11.3. The molecule has 2 aliphatic rings. The third kappa shape index (κ3) is 3.16. The Hall–Kier alpha value is -1.72. The zero-order valence-electron chi connectivity index (χ0n) is 13.5. The Labute approximate surface area is 137 Å². The van der Waals surface area contributed by atoms with Crippen LogP contribution in [0.3, 0.4) is 0 Å². The molecule has 1 atom stereocenters. The molecule has 1 saturated heterocycles. The maximum atomic E-state index is 11.8. The zero-order chi connectivity index (χ0) is 16.1. The number of hydrogen-bond donors (Lipinski definition) is 2. The van der Waals surface area contributed by atoms with E-state index in [1.54, 1.807) is 12.3 Å². The molecule has 0 saturated carbocycles. The van der Waals surface area contributed by atoms with E-state index in [2.05, 4.69) is 28.1 Å². The summed E-state index contributed by atoms with van der Waals surface area (Å²) < 4.78 is 0. The molecule has 3 rings (SSSR count). The second-order valence-electron chi connectivity index (χ2n) is 6.28. The molecule has 2 heterocycles. The van der Waals surface area contributed by atoms with Crippen molar-refractivity contribution in [2.75, 3.05) is 19.7 Å². The highest BCUT2D eigenvalue weighted by atomic mass is 16.6. The third-order valence-electron chi connectivity index (χ3n) is 4.85. The van der Waals surface area contributed by atoms with E-state index in [0.29, 0.717) is 12.3 Å². The maximum absolute atomic E-state index is 11.8. The van der Waals surface area contributed by atoms with E-state index in [1.807, 2.05) is 6.07 Å². The van der Waals surface area contributed by atoms with Gasteiger partial charge in [0.15, 0.2) is 5.60 Å². The minimum Gasteiger partial charge on any atom is -0.392 e. The maximum Gasteiger partial charge on any atom is 0.151 e. The molecule has 1 fully saturated rings. The quantitative estimate of drug-likeness (QED) is 0.387. The van der Waals surface area contributed by atoms with Crippen LogP contribution in [0.15, 0.2) is 36.1 Å². The van der Waals surface area contributed by atoms with E-state index in [0.717, 1.165) is 56.5 Å². The summed E-state index contributed by atoms with van der Waals surface area (Å²) in [4.78, 5) is 9.90. The molecule has 0 radical (unpaired) electrons. The summed E-state index contributed by atoms with van der Waals surface area (Å²) >= 11 is 0. The Balaban J connectivity index is 2.04. The van der Waals surface area contributed by atoms with Crippen LogP contribution in [0.25, 0.3) is 0 Å². The van der Waals surface area contributed by atoms with Gasteiger partial charge in [-0.05, 0) is 56.8 Å². The first-order valence-corrected chi connectivity index (χ1v) is 8.44. The summed E-state index contributed by atoms with van der Waals surface area (Å²) in [7, 11) is 0. The molecule has 1 unspecified atom stereocenters. The topological polar surface area (TPSA) is 66.7 Å². The van der Waals surface area contributed by atoms with Gasteiger partial charge in [-0.25, -0.2) is 0 Å². The lowest BCUT2D eigenvalue weighted by molar-refractivity contribution is 0.0186. The second kappa shape index (κ2) is 7.23. The molecule has 0 spiro atoms. The molecule has 1 aliphatic heterocycles. The van der Waals surface area contributed by atoms with E-state index >= 15 is 0 Å². The van der Waals surface area contributed by atoms with Crippen LogP contribution in [0.5, 0.6) is 0 Å². The van der Waals surface area contributed by atoms with E-state index in [9.17, 15) is 5.11 Å². The molecular weight excluding hydrogens is 290 g/mol. The summed E-state index contributed by atoms with van der Waals surface area (Å²) in [6.45, 7) is 5.82. The molecule has 124 valence electrons. The number of pyridine rings is 1. The lowest BCUT2D eigenvalue weighted by atomic mass is 9.74. The molecule has 0 amide bonds. The molecule has 0 aromatic carbocycles. The van der Waals surface area contributed by atoms with Crippen LogP contribution in [-0.2, 0) is 16.9 Å². The van der Waals surface area contributed by atoms with Gasteiger partial charge in [-0.2, -0.15) is 0 Å². The van der Waals surface area contributed by atoms with Gasteiger partial charge < -0.3 is 15.3 Å². The Morgan fingerprint density at radius 1 is 1.43 bits per heavy atom. The van der Waals surface area contributed by atoms with Crippen LogP contribution < -0.4 is 5.32 Å². The van der Waals surface area contributed by atoms with Crippen LogP contribution in [0, 0.1) is 5.92 Å². The van der Waals surface area contributed by atoms with Gasteiger partial charge in [-0.15, -0.1) is 0 Å². The standard InChI is InChI=1S/C18H25N3O2/c1-2-13-23-21-16-7-3-5-14-6-4-10-20-17(14)18(16,22)15-8-11-19-12-9-15/h2,4,6,10,15,19,22H,1,3,5,7-9,11-13H2/b21-16+. The van der Waals surface area contributed by atoms with Crippen molar-refractivity contribution in [2.45, 2.75) is 37.7 Å². The highest BCUT2D eigenvalue weighted by molar-refractivity contribution is 5.93. The number of nitrogens with zero attached hydrogens (tertiary/aromatic N) is 2. The average Bonchev–Trinajstić information content (AvgIpc) is 2.74. The Kier molecular flexibility index (Phi) is 5.08. The van der Waals surface area contributed by atoms with Crippen molar-refractivity contribution < 1.29 is 9.94 Å². The van der Waals surface area contributed by atoms with Gasteiger partial charge in [0.05, 0.1) is 11.4 Å². The van der Waals surface area contributed by atoms with Crippen molar-refractivity contribution >= 4 is 5.71 Å². The minimum absolute atomic E-state index is 0.113. The predicted molar refractivity (Wildman–Crippen MR) is 90.2 cm³/mol. The Morgan fingerprint density at radius 3 is 3.04 bits per heavy atom. The molecule has 5 heteroatoms. The summed E-state index contributed by atoms with van der Waals surface area (Å²) in [5.74, 6) is 0.113. The SMILES string of the molecule is C=CCO/N=C1\CCCc2cccnc2C1(O)C1CCNCC1. The van der Waals surface area contributed by atoms with Gasteiger partial charge in [0, 0.05) is 12.1 Å². The van der Waals surface area contributed by atoms with Crippen molar-refractivity contribution in [2.24, 2.45) is 11.1 Å². The van der Waals surface area contributed by atoms with Gasteiger partial charge in [0.1, 0.15) is 6.61 Å². The summed E-state index contributed by atoms with van der Waals surface area (Å²) in [6, 6.07) is 4.01. The van der Waals surface area contributed by atoms with E-state index in [-0.39, 0.29) is 5.92 Å². The molecule has 5 nitrogen and oxygen atoms in total. The van der Waals surface area contributed by atoms with Gasteiger partial charge >= 0.3 is 0 Å². The number of hydrogen-bond acceptors (Lipinski definition) is 5. The molecule has 23 heavy (non-hydrogen) atoms. The predicted octanol–water partition coefficient (Wildman–Crippen LogP) is 2.16. The fraction of sp³-hybridized carbons (Fsp3) is 0.556. The second-order valence-corrected chi connectivity index (χ2v) is 6.28. The van der Waals surface area contributed by atoms with Crippen molar-refractivity contribution in [3.8, 4) is 0 Å². The molecule has 1 aromatic heterocycles. The number of nitrogens with one attached hydrogen (secondary N) is 1. The number of piperidine rings is 1. The number of fused-ring (bicyclic) bond motifs is 1. The minimum atomic E-state index is -1.13. The number of oxime groups is 1. The number of rotatable bonds is 4. The van der Waals surface area contributed by atoms with Crippen molar-refractivity contribution in [1.29, 1.82) is 0 Å². The van der Waals surface area contributed by atoms with Crippen LogP contribution in [0.1, 0.15) is 36.9 Å². The largest absolute Gasteiger partial charge is 0.392 e. The summed E-state index contributed by atoms with van der Waals surface area (Å²) in [6.07, 6.45) is 7.84. The molecule has 0 bridgehead atoms. The van der Waals surface area contributed by atoms with Crippen LogP contribution >= 0.6 is 0 Å². The first-order valence-electron chi connectivity index (χ1n) is 8.44. The van der Waals surface area contributed by atoms with Crippen molar-refractivity contribution in [3.63, 3.8) is 0 Å². The molecule has 2 N–H and O–H groups in total. The fourth-order valence-corrected chi connectivity index (χ4v) is 3.71. The lowest BCUT2D eigenvalue weighted by Gasteiger charge is -2.38. The molecule has 1 aliphatic carbocycles. The van der Waals surface area contributed by atoms with E-state index in [4.69, 9.17) is 4.84 Å². The van der Waals surface area contributed by atoms with Gasteiger partial charge in [-0.1, -0.05) is 23.9 Å². The molecule has 1 aromatic rings. The van der Waals surface area contributed by atoms with Crippen molar-refractivity contribution in [3.05, 3.63) is 42.2 Å². The smallest absolute Gasteiger partial charge is 0.151 e.